The van der Waals surface area contributed by atoms with Crippen LogP contribution in [0.4, 0.5) is 0 Å². The van der Waals surface area contributed by atoms with E-state index in [0.717, 1.165) is 16.3 Å². The number of rotatable bonds is 5. The van der Waals surface area contributed by atoms with Gasteiger partial charge in [-0.25, -0.2) is 4.79 Å². The lowest BCUT2D eigenvalue weighted by Gasteiger charge is -2.05. The average molecular weight is 355 g/mol. The van der Waals surface area contributed by atoms with Crippen molar-refractivity contribution in [1.29, 1.82) is 0 Å². The fourth-order valence-electron chi connectivity index (χ4n) is 1.66. The second-order valence-electron chi connectivity index (χ2n) is 4.62. The number of carboxylic acids is 1. The van der Waals surface area contributed by atoms with Crippen LogP contribution in [0.5, 0.6) is 0 Å². The van der Waals surface area contributed by atoms with E-state index in [4.69, 9.17) is 5.11 Å². The summed E-state index contributed by atoms with van der Waals surface area (Å²) in [5.74, 6) is -0.205. The van der Waals surface area contributed by atoms with Crippen molar-refractivity contribution in [2.24, 2.45) is 0 Å². The highest BCUT2D eigenvalue weighted by molar-refractivity contribution is 9.10. The third kappa shape index (κ3) is 3.64. The molecule has 20 heavy (non-hydrogen) atoms. The third-order valence-electron chi connectivity index (χ3n) is 2.75. The van der Waals surface area contributed by atoms with E-state index in [1.807, 2.05) is 23.0 Å². The number of benzene rings is 1. The van der Waals surface area contributed by atoms with E-state index in [1.54, 1.807) is 23.9 Å². The summed E-state index contributed by atoms with van der Waals surface area (Å²) in [5.41, 5.74) is 1.27. The topological polar surface area (TPSA) is 55.1 Å². The van der Waals surface area contributed by atoms with Gasteiger partial charge in [-0.05, 0) is 54.0 Å². The van der Waals surface area contributed by atoms with Crippen LogP contribution in [0.2, 0.25) is 0 Å². The second-order valence-corrected chi connectivity index (χ2v) is 6.52. The predicted octanol–water partition coefficient (Wildman–Crippen LogP) is 4.22. The maximum Gasteiger partial charge on any atom is 0.336 e. The van der Waals surface area contributed by atoms with Crippen LogP contribution in [-0.4, -0.2) is 20.9 Å². The number of hydrogen-bond acceptors (Lipinski definition) is 3. The first kappa shape index (κ1) is 15.1. The Balaban J connectivity index is 2.06. The van der Waals surface area contributed by atoms with Crippen LogP contribution in [0.1, 0.15) is 35.9 Å². The summed E-state index contributed by atoms with van der Waals surface area (Å²) in [7, 11) is 0. The van der Waals surface area contributed by atoms with Crippen LogP contribution in [0, 0.1) is 0 Å². The molecule has 0 bridgehead atoms. The molecule has 0 saturated carbocycles. The molecule has 1 heterocycles. The number of carbonyl (C=O) groups is 1. The van der Waals surface area contributed by atoms with Crippen molar-refractivity contribution in [1.82, 2.24) is 9.78 Å². The number of aromatic carboxylic acids is 1. The highest BCUT2D eigenvalue weighted by Crippen LogP contribution is 2.27. The Labute approximate surface area is 130 Å². The van der Waals surface area contributed by atoms with Crippen LogP contribution in [0.25, 0.3) is 0 Å². The summed E-state index contributed by atoms with van der Waals surface area (Å²) in [4.78, 5) is 12.0. The fraction of sp³-hybridized carbons (Fsp3) is 0.286. The van der Waals surface area contributed by atoms with Gasteiger partial charge in [-0.3, -0.25) is 4.68 Å². The lowest BCUT2D eigenvalue weighted by Crippen LogP contribution is -2.01. The molecule has 0 aliphatic carbocycles. The average Bonchev–Trinajstić information content (AvgIpc) is 2.86. The molecule has 1 aromatic carbocycles. The van der Waals surface area contributed by atoms with Gasteiger partial charge in [0.05, 0.1) is 11.3 Å². The first-order valence-electron chi connectivity index (χ1n) is 6.17. The van der Waals surface area contributed by atoms with Crippen LogP contribution in [-0.2, 0) is 5.75 Å². The van der Waals surface area contributed by atoms with Gasteiger partial charge in [0.25, 0.3) is 0 Å². The van der Waals surface area contributed by atoms with Crippen LogP contribution >= 0.6 is 27.7 Å². The molecule has 0 atom stereocenters. The number of halogens is 1. The Morgan fingerprint density at radius 1 is 1.45 bits per heavy atom. The zero-order valence-electron chi connectivity index (χ0n) is 11.2. The second kappa shape index (κ2) is 6.45. The Kier molecular flexibility index (Phi) is 4.88. The van der Waals surface area contributed by atoms with E-state index in [2.05, 4.69) is 34.9 Å². The zero-order chi connectivity index (χ0) is 14.7. The Morgan fingerprint density at radius 2 is 2.20 bits per heavy atom. The van der Waals surface area contributed by atoms with Gasteiger partial charge < -0.3 is 5.11 Å². The SMILES string of the molecule is CC(C)n1ccc(CSc2ccc(Br)c(C(=O)O)c2)n1. The molecule has 0 radical (unpaired) electrons. The number of hydrogen-bond donors (Lipinski definition) is 1. The highest BCUT2D eigenvalue weighted by atomic mass is 79.9. The predicted molar refractivity (Wildman–Crippen MR) is 83.3 cm³/mol. The number of thioether (sulfide) groups is 1. The lowest BCUT2D eigenvalue weighted by molar-refractivity contribution is 0.0695. The van der Waals surface area contributed by atoms with E-state index in [-0.39, 0.29) is 5.56 Å². The van der Waals surface area contributed by atoms with E-state index in [0.29, 0.717) is 10.5 Å². The monoisotopic (exact) mass is 354 g/mol. The molecule has 6 heteroatoms. The molecule has 2 aromatic rings. The minimum atomic E-state index is -0.927. The van der Waals surface area contributed by atoms with E-state index in [1.165, 1.54) is 0 Å². The number of carboxylic acid groups (broad SMARTS) is 1. The van der Waals surface area contributed by atoms with Crippen molar-refractivity contribution in [3.8, 4) is 0 Å². The summed E-state index contributed by atoms with van der Waals surface area (Å²) < 4.78 is 2.51. The number of nitrogens with zero attached hydrogens (tertiary/aromatic N) is 2. The van der Waals surface area contributed by atoms with Gasteiger partial charge in [-0.1, -0.05) is 0 Å². The molecule has 0 aliphatic rings. The van der Waals surface area contributed by atoms with Crippen molar-refractivity contribution >= 4 is 33.7 Å². The molecule has 0 spiro atoms. The van der Waals surface area contributed by atoms with Crippen molar-refractivity contribution in [3.05, 3.63) is 46.2 Å². The first-order chi connectivity index (χ1) is 9.47. The molecule has 1 N–H and O–H groups in total. The van der Waals surface area contributed by atoms with E-state index in [9.17, 15) is 4.79 Å². The van der Waals surface area contributed by atoms with Gasteiger partial charge in [0.2, 0.25) is 0 Å². The van der Waals surface area contributed by atoms with Gasteiger partial charge >= 0.3 is 5.97 Å². The molecule has 0 saturated heterocycles. The summed E-state index contributed by atoms with van der Waals surface area (Å²) in [6.07, 6.45) is 1.96. The largest absolute Gasteiger partial charge is 0.478 e. The molecule has 0 amide bonds. The summed E-state index contributed by atoms with van der Waals surface area (Å²) in [6, 6.07) is 7.68. The summed E-state index contributed by atoms with van der Waals surface area (Å²) >= 11 is 4.82. The van der Waals surface area contributed by atoms with Gasteiger partial charge in [-0.15, -0.1) is 11.8 Å². The highest BCUT2D eigenvalue weighted by Gasteiger charge is 2.10. The summed E-state index contributed by atoms with van der Waals surface area (Å²) in [5, 5.41) is 13.6. The maximum absolute atomic E-state index is 11.1. The van der Waals surface area contributed by atoms with Gasteiger partial charge in [0.15, 0.2) is 0 Å². The molecule has 0 fully saturated rings. The van der Waals surface area contributed by atoms with Crippen LogP contribution in [0.3, 0.4) is 0 Å². The van der Waals surface area contributed by atoms with E-state index < -0.39 is 5.97 Å². The normalized spacial score (nSPS) is 11.0. The van der Waals surface area contributed by atoms with Gasteiger partial charge in [0.1, 0.15) is 0 Å². The van der Waals surface area contributed by atoms with Gasteiger partial charge in [0, 0.05) is 27.4 Å². The smallest absolute Gasteiger partial charge is 0.336 e. The quantitative estimate of drug-likeness (QED) is 0.816. The van der Waals surface area contributed by atoms with Crippen molar-refractivity contribution in [2.75, 3.05) is 0 Å². The lowest BCUT2D eigenvalue weighted by atomic mass is 10.2. The molecular formula is C14H15BrN2O2S. The molecule has 1 aromatic heterocycles. The first-order valence-corrected chi connectivity index (χ1v) is 7.95. The third-order valence-corrected chi connectivity index (χ3v) is 4.47. The minimum absolute atomic E-state index is 0.280. The molecular weight excluding hydrogens is 340 g/mol. The Hall–Kier alpha value is -1.27. The summed E-state index contributed by atoms with van der Waals surface area (Å²) in [6.45, 7) is 4.16. The van der Waals surface area contributed by atoms with E-state index >= 15 is 0 Å². The molecule has 0 unspecified atom stereocenters. The van der Waals surface area contributed by atoms with Crippen molar-refractivity contribution in [3.63, 3.8) is 0 Å². The van der Waals surface area contributed by atoms with Crippen LogP contribution < -0.4 is 0 Å². The Morgan fingerprint density at radius 3 is 2.80 bits per heavy atom. The van der Waals surface area contributed by atoms with Crippen molar-refractivity contribution < 1.29 is 9.90 Å². The fourth-order valence-corrected chi connectivity index (χ4v) is 2.91. The number of aromatic nitrogens is 2. The van der Waals surface area contributed by atoms with Gasteiger partial charge in [-0.2, -0.15) is 5.10 Å². The minimum Gasteiger partial charge on any atom is -0.478 e. The molecule has 0 aliphatic heterocycles. The molecule has 2 rings (SSSR count). The van der Waals surface area contributed by atoms with Crippen molar-refractivity contribution in [2.45, 2.75) is 30.5 Å². The maximum atomic E-state index is 11.1. The Bertz CT molecular complexity index is 625. The molecule has 4 nitrogen and oxygen atoms in total. The standard InChI is InChI=1S/C14H15BrN2O2S/c1-9(2)17-6-5-10(16-17)8-20-11-3-4-13(15)12(7-11)14(18)19/h3-7,9H,8H2,1-2H3,(H,18,19). The zero-order valence-corrected chi connectivity index (χ0v) is 13.6. The molecule has 106 valence electrons. The van der Waals surface area contributed by atoms with Crippen LogP contribution in [0.15, 0.2) is 39.8 Å².